The van der Waals surface area contributed by atoms with Crippen LogP contribution in [0.5, 0.6) is 11.6 Å². The molecule has 0 radical (unpaired) electrons. The highest BCUT2D eigenvalue weighted by Gasteiger charge is 2.33. The summed E-state index contributed by atoms with van der Waals surface area (Å²) in [7, 11) is 0. The van der Waals surface area contributed by atoms with Crippen LogP contribution < -0.4 is 4.74 Å². The lowest BCUT2D eigenvalue weighted by molar-refractivity contribution is -0.141. The maximum atomic E-state index is 13.0. The van der Waals surface area contributed by atoms with Crippen molar-refractivity contribution in [2.45, 2.75) is 45.1 Å². The van der Waals surface area contributed by atoms with Crippen molar-refractivity contribution in [3.05, 3.63) is 47.9 Å². The molecule has 152 valence electrons. The number of ether oxygens (including phenoxy) is 1. The van der Waals surface area contributed by atoms with Gasteiger partial charge in [0.1, 0.15) is 5.75 Å². The molecule has 2 saturated heterocycles. The molecule has 4 rings (SSSR count). The molecule has 0 N–H and O–H groups in total. The van der Waals surface area contributed by atoms with Gasteiger partial charge in [-0.25, -0.2) is 4.98 Å². The highest BCUT2D eigenvalue weighted by Crippen LogP contribution is 2.31. The van der Waals surface area contributed by atoms with Crippen LogP contribution in [0.4, 0.5) is 0 Å². The van der Waals surface area contributed by atoms with E-state index in [1.807, 2.05) is 42.2 Å². The second-order valence-corrected chi connectivity index (χ2v) is 7.64. The number of benzene rings is 1. The van der Waals surface area contributed by atoms with Crippen molar-refractivity contribution in [3.8, 4) is 11.6 Å². The first-order chi connectivity index (χ1) is 14.1. The van der Waals surface area contributed by atoms with E-state index in [4.69, 9.17) is 4.74 Å². The Bertz CT molecular complexity index is 887. The lowest BCUT2D eigenvalue weighted by Crippen LogP contribution is -2.45. The Hall–Kier alpha value is -2.96. The van der Waals surface area contributed by atoms with Gasteiger partial charge in [-0.2, -0.15) is 4.98 Å². The topological polar surface area (TPSA) is 75.6 Å². The molecule has 0 bridgehead atoms. The summed E-state index contributed by atoms with van der Waals surface area (Å²) in [6.45, 7) is 3.38. The highest BCUT2D eigenvalue weighted by atomic mass is 16.5. The zero-order valence-electron chi connectivity index (χ0n) is 16.7. The summed E-state index contributed by atoms with van der Waals surface area (Å²) in [5.41, 5.74) is 0.800. The van der Waals surface area contributed by atoms with E-state index in [-0.39, 0.29) is 24.4 Å². The molecule has 1 aromatic heterocycles. The normalized spacial score (nSPS) is 19.5. The quantitative estimate of drug-likeness (QED) is 0.778. The summed E-state index contributed by atoms with van der Waals surface area (Å²) < 4.78 is 5.90. The molecule has 2 fully saturated rings. The van der Waals surface area contributed by atoms with Gasteiger partial charge in [-0.1, -0.05) is 18.2 Å². The standard InChI is InChI=1S/C22H26N4O3/c1-16-14-19(29-17-8-3-2-4-9-17)24-22(23-16)18-10-5-6-13-26(18)21(28)15-25-12-7-11-20(25)27/h2-4,8-9,14,18H,5-7,10-13,15H2,1H3/t18-/m0/s1. The Labute approximate surface area is 170 Å². The monoisotopic (exact) mass is 394 g/mol. The Morgan fingerprint density at radius 2 is 1.97 bits per heavy atom. The van der Waals surface area contributed by atoms with Gasteiger partial charge in [0.25, 0.3) is 0 Å². The Morgan fingerprint density at radius 3 is 2.72 bits per heavy atom. The van der Waals surface area contributed by atoms with E-state index < -0.39 is 0 Å². The lowest BCUT2D eigenvalue weighted by Gasteiger charge is -2.35. The number of piperidine rings is 1. The van der Waals surface area contributed by atoms with Crippen LogP contribution in [0.1, 0.15) is 49.7 Å². The predicted octanol–water partition coefficient (Wildman–Crippen LogP) is 3.25. The number of nitrogens with zero attached hydrogens (tertiary/aromatic N) is 4. The average Bonchev–Trinajstić information content (AvgIpc) is 3.13. The highest BCUT2D eigenvalue weighted by molar-refractivity contribution is 5.86. The first-order valence-electron chi connectivity index (χ1n) is 10.3. The van der Waals surface area contributed by atoms with Crippen molar-refractivity contribution in [1.82, 2.24) is 19.8 Å². The molecule has 0 spiro atoms. The fraction of sp³-hybridized carbons (Fsp3) is 0.455. The second-order valence-electron chi connectivity index (χ2n) is 7.64. The van der Waals surface area contributed by atoms with E-state index in [0.717, 1.165) is 31.4 Å². The molecule has 2 aliphatic rings. The molecule has 1 aromatic carbocycles. The van der Waals surface area contributed by atoms with Gasteiger partial charge in [-0.05, 0) is 44.7 Å². The molecule has 29 heavy (non-hydrogen) atoms. The summed E-state index contributed by atoms with van der Waals surface area (Å²) in [5, 5.41) is 0. The molecule has 0 saturated carbocycles. The first kappa shape index (κ1) is 19.4. The van der Waals surface area contributed by atoms with Gasteiger partial charge in [0, 0.05) is 31.3 Å². The number of aryl methyl sites for hydroxylation is 1. The number of carbonyl (C=O) groups is 2. The molecule has 2 aliphatic heterocycles. The van der Waals surface area contributed by atoms with Gasteiger partial charge in [-0.3, -0.25) is 9.59 Å². The number of amides is 2. The van der Waals surface area contributed by atoms with Gasteiger partial charge >= 0.3 is 0 Å². The number of hydrogen-bond donors (Lipinski definition) is 0. The van der Waals surface area contributed by atoms with Gasteiger partial charge in [0.05, 0.1) is 12.6 Å². The van der Waals surface area contributed by atoms with E-state index in [9.17, 15) is 9.59 Å². The molecule has 7 nitrogen and oxygen atoms in total. The van der Waals surface area contributed by atoms with Crippen molar-refractivity contribution in [2.24, 2.45) is 0 Å². The summed E-state index contributed by atoms with van der Waals surface area (Å²) >= 11 is 0. The van der Waals surface area contributed by atoms with Crippen molar-refractivity contribution in [3.63, 3.8) is 0 Å². The Kier molecular flexibility index (Phi) is 5.74. The SMILES string of the molecule is Cc1cc(Oc2ccccc2)nc([C@@H]2CCCCN2C(=O)CN2CCCC2=O)n1. The van der Waals surface area contributed by atoms with E-state index in [0.29, 0.717) is 37.0 Å². The van der Waals surface area contributed by atoms with Crippen LogP contribution in [-0.2, 0) is 9.59 Å². The second kappa shape index (κ2) is 8.59. The van der Waals surface area contributed by atoms with Gasteiger partial charge in [-0.15, -0.1) is 0 Å². The minimum atomic E-state index is -0.188. The molecule has 7 heteroatoms. The molecule has 1 atom stereocenters. The van der Waals surface area contributed by atoms with Crippen LogP contribution in [0, 0.1) is 6.92 Å². The Morgan fingerprint density at radius 1 is 1.14 bits per heavy atom. The minimum Gasteiger partial charge on any atom is -0.439 e. The predicted molar refractivity (Wildman–Crippen MR) is 107 cm³/mol. The van der Waals surface area contributed by atoms with Crippen molar-refractivity contribution in [1.29, 1.82) is 0 Å². The third-order valence-corrected chi connectivity index (χ3v) is 5.43. The molecule has 2 aromatic rings. The molecule has 3 heterocycles. The van der Waals surface area contributed by atoms with E-state index in [1.165, 1.54) is 0 Å². The fourth-order valence-corrected chi connectivity index (χ4v) is 4.00. The number of aromatic nitrogens is 2. The largest absolute Gasteiger partial charge is 0.439 e. The van der Waals surface area contributed by atoms with Gasteiger partial charge in [0.2, 0.25) is 17.7 Å². The maximum Gasteiger partial charge on any atom is 0.242 e. The molecule has 0 aliphatic carbocycles. The molecular formula is C22H26N4O3. The Balaban J connectivity index is 1.54. The fourth-order valence-electron chi connectivity index (χ4n) is 4.00. The average molecular weight is 394 g/mol. The van der Waals surface area contributed by atoms with E-state index in [1.54, 1.807) is 11.0 Å². The third-order valence-electron chi connectivity index (χ3n) is 5.43. The van der Waals surface area contributed by atoms with Crippen LogP contribution in [0.3, 0.4) is 0 Å². The summed E-state index contributed by atoms with van der Waals surface area (Å²) in [5.74, 6) is 1.83. The van der Waals surface area contributed by atoms with Crippen LogP contribution in [0.25, 0.3) is 0 Å². The number of likely N-dealkylation sites (tertiary alicyclic amines) is 2. The smallest absolute Gasteiger partial charge is 0.242 e. The maximum absolute atomic E-state index is 13.0. The number of carbonyl (C=O) groups excluding carboxylic acids is 2. The van der Waals surface area contributed by atoms with Crippen LogP contribution >= 0.6 is 0 Å². The van der Waals surface area contributed by atoms with Crippen molar-refractivity contribution in [2.75, 3.05) is 19.6 Å². The summed E-state index contributed by atoms with van der Waals surface area (Å²) in [6.07, 6.45) is 4.15. The summed E-state index contributed by atoms with van der Waals surface area (Å²) in [6, 6.07) is 11.1. The molecular weight excluding hydrogens is 368 g/mol. The minimum absolute atomic E-state index is 0.0272. The van der Waals surface area contributed by atoms with Gasteiger partial charge in [0.15, 0.2) is 5.82 Å². The molecule has 2 amide bonds. The number of hydrogen-bond acceptors (Lipinski definition) is 5. The summed E-state index contributed by atoms with van der Waals surface area (Å²) in [4.78, 5) is 37.7. The van der Waals surface area contributed by atoms with E-state index in [2.05, 4.69) is 9.97 Å². The van der Waals surface area contributed by atoms with E-state index >= 15 is 0 Å². The van der Waals surface area contributed by atoms with Crippen LogP contribution in [0.2, 0.25) is 0 Å². The van der Waals surface area contributed by atoms with Gasteiger partial charge < -0.3 is 14.5 Å². The first-order valence-corrected chi connectivity index (χ1v) is 10.3. The van der Waals surface area contributed by atoms with Crippen LogP contribution in [0.15, 0.2) is 36.4 Å². The lowest BCUT2D eigenvalue weighted by atomic mass is 10.0. The number of para-hydroxylation sites is 1. The van der Waals surface area contributed by atoms with Crippen molar-refractivity contribution < 1.29 is 14.3 Å². The zero-order valence-corrected chi connectivity index (χ0v) is 16.7. The van der Waals surface area contributed by atoms with Crippen LogP contribution in [-0.4, -0.2) is 51.2 Å². The van der Waals surface area contributed by atoms with Crippen molar-refractivity contribution >= 4 is 11.8 Å². The molecule has 0 unspecified atom stereocenters. The zero-order chi connectivity index (χ0) is 20.2. The third kappa shape index (κ3) is 4.55. The number of rotatable bonds is 5.